The van der Waals surface area contributed by atoms with Gasteiger partial charge in [-0.3, -0.25) is 14.3 Å². The number of anilines is 1. The molecule has 2 aromatic carbocycles. The van der Waals surface area contributed by atoms with Crippen LogP contribution in [-0.4, -0.2) is 34.6 Å². The molecule has 0 bridgehead atoms. The van der Waals surface area contributed by atoms with Crippen LogP contribution in [0.3, 0.4) is 0 Å². The molecule has 0 unspecified atom stereocenters. The smallest absolute Gasteiger partial charge is 0.416 e. The highest BCUT2D eigenvalue weighted by Gasteiger charge is 2.30. The molecule has 0 fully saturated rings. The number of carbonyl (C=O) groups is 3. The minimum Gasteiger partial charge on any atom is -0.465 e. The Morgan fingerprint density at radius 2 is 1.70 bits per heavy atom. The van der Waals surface area contributed by atoms with Crippen molar-refractivity contribution >= 4 is 23.3 Å². The molecule has 1 N–H and O–H groups in total. The van der Waals surface area contributed by atoms with Crippen molar-refractivity contribution in [1.29, 1.82) is 0 Å². The molecule has 0 saturated carbocycles. The van der Waals surface area contributed by atoms with Gasteiger partial charge in [-0.05, 0) is 49.2 Å². The number of esters is 1. The predicted octanol–water partition coefficient (Wildman–Crippen LogP) is 4.33. The van der Waals surface area contributed by atoms with E-state index in [1.54, 1.807) is 20.9 Å². The molecule has 1 aromatic heterocycles. The number of ketones is 1. The minimum atomic E-state index is -4.53. The highest BCUT2D eigenvalue weighted by Crippen LogP contribution is 2.33. The van der Waals surface area contributed by atoms with E-state index in [0.29, 0.717) is 17.0 Å². The van der Waals surface area contributed by atoms with Gasteiger partial charge in [0.25, 0.3) is 11.7 Å². The molecule has 33 heavy (non-hydrogen) atoms. The van der Waals surface area contributed by atoms with E-state index in [-0.39, 0.29) is 22.4 Å². The molecule has 0 aliphatic heterocycles. The zero-order valence-corrected chi connectivity index (χ0v) is 18.2. The first kappa shape index (κ1) is 23.7. The molecule has 7 nitrogen and oxygen atoms in total. The number of nitrogens with one attached hydrogen (secondary N) is 1. The van der Waals surface area contributed by atoms with E-state index in [0.717, 1.165) is 19.2 Å². The van der Waals surface area contributed by atoms with Crippen molar-refractivity contribution in [3.05, 3.63) is 70.5 Å². The zero-order chi connectivity index (χ0) is 24.5. The summed E-state index contributed by atoms with van der Waals surface area (Å²) in [6, 6.07) is 8.66. The van der Waals surface area contributed by atoms with E-state index >= 15 is 0 Å². The molecule has 3 aromatic rings. The molecule has 0 atom stereocenters. The summed E-state index contributed by atoms with van der Waals surface area (Å²) >= 11 is 0. The highest BCUT2D eigenvalue weighted by molar-refractivity contribution is 6.47. The Bertz CT molecular complexity index is 1260. The SMILES string of the molecule is COC(=O)c1cc(-c2cccc(C(F)(F)F)c2)ccc1NC(=O)C(=O)c1c(C)nn(C)c1C. The lowest BCUT2D eigenvalue weighted by atomic mass is 9.99. The van der Waals surface area contributed by atoms with Gasteiger partial charge in [0.1, 0.15) is 0 Å². The number of aryl methyl sites for hydroxylation is 2. The Balaban J connectivity index is 1.97. The minimum absolute atomic E-state index is 0.0184. The van der Waals surface area contributed by atoms with Gasteiger partial charge in [0.05, 0.1) is 35.2 Å². The first-order chi connectivity index (χ1) is 15.4. The van der Waals surface area contributed by atoms with Gasteiger partial charge in [-0.25, -0.2) is 4.79 Å². The summed E-state index contributed by atoms with van der Waals surface area (Å²) in [5.41, 5.74) is 0.558. The quantitative estimate of drug-likeness (QED) is 0.349. The molecular formula is C23H20F3N3O4. The van der Waals surface area contributed by atoms with Crippen LogP contribution in [0.4, 0.5) is 18.9 Å². The van der Waals surface area contributed by atoms with E-state index in [1.165, 1.54) is 35.0 Å². The molecule has 3 rings (SSSR count). The normalized spacial score (nSPS) is 11.2. The van der Waals surface area contributed by atoms with E-state index in [2.05, 4.69) is 10.4 Å². The topological polar surface area (TPSA) is 90.3 Å². The van der Waals surface area contributed by atoms with Crippen molar-refractivity contribution in [3.63, 3.8) is 0 Å². The molecule has 0 saturated heterocycles. The van der Waals surface area contributed by atoms with Crippen molar-refractivity contribution < 1.29 is 32.3 Å². The fourth-order valence-corrected chi connectivity index (χ4v) is 3.38. The maximum absolute atomic E-state index is 13.1. The second kappa shape index (κ2) is 8.89. The molecule has 10 heteroatoms. The van der Waals surface area contributed by atoms with Crippen molar-refractivity contribution in [2.75, 3.05) is 12.4 Å². The molecule has 172 valence electrons. The number of halogens is 3. The van der Waals surface area contributed by atoms with E-state index in [1.807, 2.05) is 0 Å². The number of alkyl halides is 3. The standard InChI is InChI=1S/C23H20F3N3O4/c1-12-19(13(2)29(3)28-12)20(30)21(31)27-18-9-8-15(11-17(18)22(32)33-4)14-6-5-7-16(10-14)23(24,25)26/h5-11H,1-4H3,(H,27,31). The lowest BCUT2D eigenvalue weighted by molar-refractivity contribution is -0.137. The van der Waals surface area contributed by atoms with Gasteiger partial charge in [0, 0.05) is 12.7 Å². The number of carbonyl (C=O) groups excluding carboxylic acids is 3. The lowest BCUT2D eigenvalue weighted by Crippen LogP contribution is -2.25. The van der Waals surface area contributed by atoms with Crippen molar-refractivity contribution in [2.24, 2.45) is 7.05 Å². The van der Waals surface area contributed by atoms with Crippen LogP contribution < -0.4 is 5.32 Å². The Hall–Kier alpha value is -3.95. The molecule has 0 spiro atoms. The third kappa shape index (κ3) is 4.79. The molecule has 0 radical (unpaired) electrons. The molecule has 0 aliphatic carbocycles. The van der Waals surface area contributed by atoms with Crippen LogP contribution in [0.25, 0.3) is 11.1 Å². The fraction of sp³-hybridized carbons (Fsp3) is 0.217. The van der Waals surface area contributed by atoms with Gasteiger partial charge in [-0.1, -0.05) is 18.2 Å². The van der Waals surface area contributed by atoms with Crippen molar-refractivity contribution in [3.8, 4) is 11.1 Å². The Kier molecular flexibility index (Phi) is 6.39. The predicted molar refractivity (Wildman–Crippen MR) is 114 cm³/mol. The van der Waals surface area contributed by atoms with Crippen LogP contribution in [0.5, 0.6) is 0 Å². The zero-order valence-electron chi connectivity index (χ0n) is 18.2. The summed E-state index contributed by atoms with van der Waals surface area (Å²) in [6.45, 7) is 3.24. The van der Waals surface area contributed by atoms with Gasteiger partial charge in [-0.2, -0.15) is 18.3 Å². The summed E-state index contributed by atoms with van der Waals surface area (Å²) in [7, 11) is 2.76. The lowest BCUT2D eigenvalue weighted by Gasteiger charge is -2.13. The molecular weight excluding hydrogens is 439 g/mol. The van der Waals surface area contributed by atoms with Crippen LogP contribution in [0.2, 0.25) is 0 Å². The molecule has 1 heterocycles. The summed E-state index contributed by atoms with van der Waals surface area (Å²) in [5.74, 6) is -2.66. The van der Waals surface area contributed by atoms with Gasteiger partial charge in [-0.15, -0.1) is 0 Å². The summed E-state index contributed by atoms with van der Waals surface area (Å²) in [6.07, 6.45) is -4.53. The monoisotopic (exact) mass is 459 g/mol. The Morgan fingerprint density at radius 1 is 1.03 bits per heavy atom. The number of ether oxygens (including phenoxy) is 1. The van der Waals surface area contributed by atoms with Crippen LogP contribution in [-0.2, 0) is 22.8 Å². The third-order valence-corrected chi connectivity index (χ3v) is 5.14. The molecule has 0 aliphatic rings. The summed E-state index contributed by atoms with van der Waals surface area (Å²) in [4.78, 5) is 37.6. The van der Waals surface area contributed by atoms with E-state index < -0.39 is 29.4 Å². The number of benzene rings is 2. The largest absolute Gasteiger partial charge is 0.465 e. The van der Waals surface area contributed by atoms with E-state index in [4.69, 9.17) is 4.74 Å². The van der Waals surface area contributed by atoms with Crippen molar-refractivity contribution in [1.82, 2.24) is 9.78 Å². The van der Waals surface area contributed by atoms with E-state index in [9.17, 15) is 27.6 Å². The van der Waals surface area contributed by atoms with Gasteiger partial charge < -0.3 is 10.1 Å². The second-order valence-electron chi connectivity index (χ2n) is 7.28. The highest BCUT2D eigenvalue weighted by atomic mass is 19.4. The van der Waals surface area contributed by atoms with Crippen molar-refractivity contribution in [2.45, 2.75) is 20.0 Å². The number of hydrogen-bond acceptors (Lipinski definition) is 5. The maximum atomic E-state index is 13.1. The number of Topliss-reactive ketones (excluding diaryl/α,β-unsaturated/α-hetero) is 1. The van der Waals surface area contributed by atoms with Crippen LogP contribution in [0.15, 0.2) is 42.5 Å². The fourth-order valence-electron chi connectivity index (χ4n) is 3.38. The Morgan fingerprint density at radius 3 is 2.27 bits per heavy atom. The first-order valence-electron chi connectivity index (χ1n) is 9.70. The van der Waals surface area contributed by atoms with Gasteiger partial charge in [0.2, 0.25) is 0 Å². The second-order valence-corrected chi connectivity index (χ2v) is 7.28. The van der Waals surface area contributed by atoms with Gasteiger partial charge in [0.15, 0.2) is 0 Å². The number of aromatic nitrogens is 2. The average molecular weight is 459 g/mol. The number of rotatable bonds is 5. The third-order valence-electron chi connectivity index (χ3n) is 5.14. The Labute approximate surface area is 187 Å². The first-order valence-corrected chi connectivity index (χ1v) is 9.70. The van der Waals surface area contributed by atoms with Crippen LogP contribution in [0, 0.1) is 13.8 Å². The average Bonchev–Trinajstić information content (AvgIpc) is 3.03. The van der Waals surface area contributed by atoms with Crippen LogP contribution >= 0.6 is 0 Å². The number of methoxy groups -OCH3 is 1. The number of amides is 1. The number of nitrogens with zero attached hydrogens (tertiary/aromatic N) is 2. The summed E-state index contributed by atoms with van der Waals surface area (Å²) in [5, 5.41) is 6.51. The molecule has 1 amide bonds. The van der Waals surface area contributed by atoms with Gasteiger partial charge >= 0.3 is 12.1 Å². The number of hydrogen-bond donors (Lipinski definition) is 1. The summed E-state index contributed by atoms with van der Waals surface area (Å²) < 4.78 is 45.4. The van der Waals surface area contributed by atoms with Crippen LogP contribution in [0.1, 0.15) is 37.7 Å². The maximum Gasteiger partial charge on any atom is 0.416 e.